The van der Waals surface area contributed by atoms with Gasteiger partial charge in [0.05, 0.1) is 11.8 Å². The van der Waals surface area contributed by atoms with Gasteiger partial charge in [-0.25, -0.2) is 19.7 Å². The van der Waals surface area contributed by atoms with E-state index in [9.17, 15) is 4.79 Å². The first-order valence-electron chi connectivity index (χ1n) is 8.20. The summed E-state index contributed by atoms with van der Waals surface area (Å²) in [4.78, 5) is 26.6. The summed E-state index contributed by atoms with van der Waals surface area (Å²) in [5.74, 6) is 0.509. The van der Waals surface area contributed by atoms with E-state index in [1.807, 2.05) is 48.5 Å². The van der Waals surface area contributed by atoms with Crippen molar-refractivity contribution in [2.75, 3.05) is 10.2 Å². The quantitative estimate of drug-likeness (QED) is 0.740. The number of nitrogens with one attached hydrogen (secondary N) is 1. The van der Waals surface area contributed by atoms with Crippen LogP contribution >= 0.6 is 0 Å². The molecule has 0 aliphatic carbocycles. The normalized spacial score (nSPS) is 10.4. The van der Waals surface area contributed by atoms with Crippen molar-refractivity contribution >= 4 is 29.4 Å². The molecule has 0 bridgehead atoms. The van der Waals surface area contributed by atoms with Crippen molar-refractivity contribution in [1.82, 2.24) is 15.0 Å². The Morgan fingerprint density at radius 1 is 1.00 bits per heavy atom. The van der Waals surface area contributed by atoms with Crippen molar-refractivity contribution in [3.05, 3.63) is 67.0 Å². The van der Waals surface area contributed by atoms with Gasteiger partial charge < -0.3 is 10.1 Å². The Bertz CT molecular complexity index is 856. The molecule has 1 aromatic heterocycles. The molecule has 7 heteroatoms. The Morgan fingerprint density at radius 3 is 2.31 bits per heavy atom. The number of aromatic nitrogens is 3. The van der Waals surface area contributed by atoms with Gasteiger partial charge in [-0.15, -0.1) is 0 Å². The van der Waals surface area contributed by atoms with Crippen LogP contribution < -0.4 is 10.2 Å². The van der Waals surface area contributed by atoms with Crippen LogP contribution in [0.5, 0.6) is 0 Å². The monoisotopic (exact) mass is 349 g/mol. The lowest BCUT2D eigenvalue weighted by atomic mass is 10.3. The van der Waals surface area contributed by atoms with Crippen LogP contribution in [0.2, 0.25) is 0 Å². The summed E-state index contributed by atoms with van der Waals surface area (Å²) in [6, 6.07) is 18.6. The highest BCUT2D eigenvalue weighted by molar-refractivity contribution is 5.94. The number of ether oxygens (including phenoxy) is 1. The molecule has 0 saturated heterocycles. The molecule has 26 heavy (non-hydrogen) atoms. The summed E-state index contributed by atoms with van der Waals surface area (Å²) in [7, 11) is 0. The van der Waals surface area contributed by atoms with E-state index in [1.54, 1.807) is 26.0 Å². The van der Waals surface area contributed by atoms with Gasteiger partial charge in [0.25, 0.3) is 0 Å². The van der Waals surface area contributed by atoms with Gasteiger partial charge in [-0.1, -0.05) is 36.4 Å². The van der Waals surface area contributed by atoms with E-state index >= 15 is 0 Å². The number of carbonyl (C=O) groups excluding carboxylic acids is 1. The smallest absolute Gasteiger partial charge is 0.421 e. The summed E-state index contributed by atoms with van der Waals surface area (Å²) in [5, 5.41) is 3.09. The Hall–Kier alpha value is -3.48. The summed E-state index contributed by atoms with van der Waals surface area (Å²) < 4.78 is 5.35. The van der Waals surface area contributed by atoms with Gasteiger partial charge in [0.2, 0.25) is 11.9 Å². The molecule has 0 unspecified atom stereocenters. The molecule has 132 valence electrons. The average Bonchev–Trinajstić information content (AvgIpc) is 2.63. The third-order valence-corrected chi connectivity index (χ3v) is 3.32. The number of nitrogens with zero attached hydrogens (tertiary/aromatic N) is 4. The first-order chi connectivity index (χ1) is 12.6. The molecular formula is C19H19N5O2. The molecule has 3 rings (SSSR count). The minimum Gasteiger partial charge on any atom is -0.446 e. The van der Waals surface area contributed by atoms with Crippen molar-refractivity contribution in [1.29, 1.82) is 0 Å². The van der Waals surface area contributed by atoms with Crippen LogP contribution in [0.25, 0.3) is 0 Å². The van der Waals surface area contributed by atoms with Crippen molar-refractivity contribution in [3.8, 4) is 0 Å². The Balaban J connectivity index is 1.93. The van der Waals surface area contributed by atoms with Crippen molar-refractivity contribution in [3.63, 3.8) is 0 Å². The standard InChI is InChI=1S/C19H19N5O2/c1-14(2)26-19(25)24(16-11-7-4-8-12-16)18-21-13-20-17(23-18)22-15-9-5-3-6-10-15/h3-14H,1-2H3,(H,20,21,22,23). The predicted octanol–water partition coefficient (Wildman–Crippen LogP) is 4.30. The van der Waals surface area contributed by atoms with E-state index in [0.29, 0.717) is 11.6 Å². The van der Waals surface area contributed by atoms with Gasteiger partial charge in [-0.05, 0) is 38.1 Å². The maximum absolute atomic E-state index is 12.6. The Morgan fingerprint density at radius 2 is 1.65 bits per heavy atom. The minimum atomic E-state index is -0.553. The van der Waals surface area contributed by atoms with Gasteiger partial charge in [-0.2, -0.15) is 4.98 Å². The van der Waals surface area contributed by atoms with Crippen LogP contribution in [0.3, 0.4) is 0 Å². The van der Waals surface area contributed by atoms with E-state index < -0.39 is 6.09 Å². The number of benzene rings is 2. The third kappa shape index (κ3) is 4.32. The molecule has 7 nitrogen and oxygen atoms in total. The van der Waals surface area contributed by atoms with Crippen LogP contribution in [0, 0.1) is 0 Å². The van der Waals surface area contributed by atoms with Crippen LogP contribution in [0.1, 0.15) is 13.8 Å². The van der Waals surface area contributed by atoms with Crippen molar-refractivity contribution in [2.24, 2.45) is 0 Å². The van der Waals surface area contributed by atoms with Crippen LogP contribution in [0.4, 0.5) is 28.1 Å². The molecule has 1 N–H and O–H groups in total. The predicted molar refractivity (Wildman–Crippen MR) is 99.7 cm³/mol. The number of anilines is 4. The molecule has 0 aliphatic heterocycles. The highest BCUT2D eigenvalue weighted by Gasteiger charge is 2.23. The van der Waals surface area contributed by atoms with Crippen LogP contribution in [-0.2, 0) is 4.74 Å². The Kier molecular flexibility index (Phi) is 5.38. The lowest BCUT2D eigenvalue weighted by Crippen LogP contribution is -2.30. The zero-order valence-electron chi connectivity index (χ0n) is 14.5. The molecule has 0 atom stereocenters. The molecule has 3 aromatic rings. The fourth-order valence-corrected chi connectivity index (χ4v) is 2.24. The lowest BCUT2D eigenvalue weighted by molar-refractivity contribution is 0.125. The van der Waals surface area contributed by atoms with E-state index in [4.69, 9.17) is 4.74 Å². The zero-order chi connectivity index (χ0) is 18.4. The minimum absolute atomic E-state index is 0.176. The van der Waals surface area contributed by atoms with Gasteiger partial charge in [0.1, 0.15) is 6.33 Å². The lowest BCUT2D eigenvalue weighted by Gasteiger charge is -2.21. The number of hydrogen-bond acceptors (Lipinski definition) is 6. The molecule has 0 fully saturated rings. The number of amides is 1. The SMILES string of the molecule is CC(C)OC(=O)N(c1ccccc1)c1ncnc(Nc2ccccc2)n1. The molecular weight excluding hydrogens is 330 g/mol. The third-order valence-electron chi connectivity index (χ3n) is 3.32. The fraction of sp³-hybridized carbons (Fsp3) is 0.158. The molecule has 0 aliphatic rings. The van der Waals surface area contributed by atoms with Crippen LogP contribution in [-0.4, -0.2) is 27.1 Å². The second-order valence-electron chi connectivity index (χ2n) is 5.70. The van der Waals surface area contributed by atoms with Gasteiger partial charge in [-0.3, -0.25) is 0 Å². The first-order valence-corrected chi connectivity index (χ1v) is 8.20. The van der Waals surface area contributed by atoms with Gasteiger partial charge in [0, 0.05) is 5.69 Å². The Labute approximate surface area is 151 Å². The largest absolute Gasteiger partial charge is 0.446 e. The molecule has 1 amide bonds. The number of hydrogen-bond donors (Lipinski definition) is 1. The van der Waals surface area contributed by atoms with Crippen molar-refractivity contribution < 1.29 is 9.53 Å². The zero-order valence-corrected chi connectivity index (χ0v) is 14.5. The molecule has 0 radical (unpaired) electrons. The molecule has 0 saturated carbocycles. The number of para-hydroxylation sites is 2. The highest BCUT2D eigenvalue weighted by Crippen LogP contribution is 2.24. The number of carbonyl (C=O) groups is 1. The molecule has 0 spiro atoms. The highest BCUT2D eigenvalue weighted by atomic mass is 16.6. The second-order valence-corrected chi connectivity index (χ2v) is 5.70. The maximum Gasteiger partial charge on any atom is 0.421 e. The molecule has 2 aromatic carbocycles. The molecule has 1 heterocycles. The van der Waals surface area contributed by atoms with E-state index in [2.05, 4.69) is 20.3 Å². The topological polar surface area (TPSA) is 80.2 Å². The van der Waals surface area contributed by atoms with Gasteiger partial charge in [0.15, 0.2) is 0 Å². The summed E-state index contributed by atoms with van der Waals surface area (Å²) in [5.41, 5.74) is 1.44. The fourth-order valence-electron chi connectivity index (χ4n) is 2.24. The first kappa shape index (κ1) is 17.3. The van der Waals surface area contributed by atoms with E-state index in [1.165, 1.54) is 11.2 Å². The van der Waals surface area contributed by atoms with Gasteiger partial charge >= 0.3 is 6.09 Å². The average molecular weight is 349 g/mol. The van der Waals surface area contributed by atoms with E-state index in [-0.39, 0.29) is 12.1 Å². The maximum atomic E-state index is 12.6. The van der Waals surface area contributed by atoms with E-state index in [0.717, 1.165) is 5.69 Å². The second kappa shape index (κ2) is 8.06. The summed E-state index contributed by atoms with van der Waals surface area (Å²) in [6.07, 6.45) is 0.534. The van der Waals surface area contributed by atoms with Crippen molar-refractivity contribution in [2.45, 2.75) is 20.0 Å². The number of rotatable bonds is 5. The van der Waals surface area contributed by atoms with Crippen LogP contribution in [0.15, 0.2) is 67.0 Å². The summed E-state index contributed by atoms with van der Waals surface area (Å²) >= 11 is 0. The summed E-state index contributed by atoms with van der Waals surface area (Å²) in [6.45, 7) is 3.58.